The van der Waals surface area contributed by atoms with Gasteiger partial charge in [-0.2, -0.15) is 0 Å². The molecule has 0 atom stereocenters. The van der Waals surface area contributed by atoms with E-state index >= 15 is 8.78 Å². The first-order valence-corrected chi connectivity index (χ1v) is 13.5. The predicted octanol–water partition coefficient (Wildman–Crippen LogP) is 5.38. The fourth-order valence-electron chi connectivity index (χ4n) is 4.82. The molecule has 0 aliphatic carbocycles. The number of allylic oxidation sites excluding steroid dienone is 4. The fraction of sp³-hybridized carbons (Fsp3) is 0.323. The second-order valence-electron chi connectivity index (χ2n) is 9.85. The van der Waals surface area contributed by atoms with Gasteiger partial charge in [-0.1, -0.05) is 33.1 Å². The first-order chi connectivity index (χ1) is 20.0. The highest BCUT2D eigenvalue weighted by molar-refractivity contribution is 6.06. The molecule has 11 heteroatoms. The lowest BCUT2D eigenvalue weighted by molar-refractivity contribution is -0.127. The Hall–Kier alpha value is -4.67. The number of piperazine rings is 1. The third kappa shape index (κ3) is 6.29. The molecule has 3 heterocycles. The zero-order valence-corrected chi connectivity index (χ0v) is 24.6. The molecule has 42 heavy (non-hydrogen) atoms. The molecule has 222 valence electrons. The summed E-state index contributed by atoms with van der Waals surface area (Å²) < 4.78 is 31.0. The summed E-state index contributed by atoms with van der Waals surface area (Å²) in [6.07, 6.45) is 5.47. The number of aliphatic hydroxyl groups is 1. The molecule has 0 bridgehead atoms. The van der Waals surface area contributed by atoms with Gasteiger partial charge in [-0.3, -0.25) is 24.5 Å². The van der Waals surface area contributed by atoms with Crippen LogP contribution in [0.1, 0.15) is 49.2 Å². The number of hydrogen-bond acceptors (Lipinski definition) is 6. The van der Waals surface area contributed by atoms with E-state index in [2.05, 4.69) is 28.1 Å². The Morgan fingerprint density at radius 2 is 1.83 bits per heavy atom. The van der Waals surface area contributed by atoms with Crippen LogP contribution >= 0.6 is 0 Å². The van der Waals surface area contributed by atoms with Crippen LogP contribution in [0.2, 0.25) is 0 Å². The van der Waals surface area contributed by atoms with Crippen LogP contribution in [0.3, 0.4) is 0 Å². The Balaban J connectivity index is 2.35. The molecule has 0 unspecified atom stereocenters. The van der Waals surface area contributed by atoms with E-state index in [4.69, 9.17) is 0 Å². The highest BCUT2D eigenvalue weighted by Gasteiger charge is 2.31. The Labute approximate surface area is 244 Å². The summed E-state index contributed by atoms with van der Waals surface area (Å²) in [5.74, 6) is -2.52. The molecular weight excluding hydrogens is 542 g/mol. The number of rotatable bonds is 9. The summed E-state index contributed by atoms with van der Waals surface area (Å²) in [6, 6.07) is 2.86. The van der Waals surface area contributed by atoms with Crippen molar-refractivity contribution in [3.05, 3.63) is 89.6 Å². The molecule has 1 aliphatic heterocycles. The number of aliphatic imine (C=N–C) groups is 1. The average molecular weight is 579 g/mol. The lowest BCUT2D eigenvalue weighted by atomic mass is 10.0. The van der Waals surface area contributed by atoms with Crippen molar-refractivity contribution >= 4 is 35.2 Å². The molecule has 9 nitrogen and oxygen atoms in total. The monoisotopic (exact) mass is 578 g/mol. The van der Waals surface area contributed by atoms with Gasteiger partial charge >= 0.3 is 0 Å². The molecule has 0 aromatic carbocycles. The molecule has 1 aliphatic rings. The third-order valence-electron chi connectivity index (χ3n) is 6.93. The Morgan fingerprint density at radius 1 is 1.19 bits per heavy atom. The van der Waals surface area contributed by atoms with Gasteiger partial charge in [0.1, 0.15) is 23.1 Å². The van der Waals surface area contributed by atoms with E-state index in [1.807, 2.05) is 25.7 Å². The zero-order valence-electron chi connectivity index (χ0n) is 24.6. The number of anilines is 2. The summed E-state index contributed by atoms with van der Waals surface area (Å²) in [5.41, 5.74) is 0.869. The summed E-state index contributed by atoms with van der Waals surface area (Å²) in [6.45, 7) is 15.5. The van der Waals surface area contributed by atoms with Crippen molar-refractivity contribution in [3.63, 3.8) is 0 Å². The highest BCUT2D eigenvalue weighted by Crippen LogP contribution is 2.37. The van der Waals surface area contributed by atoms with E-state index in [1.165, 1.54) is 24.9 Å². The van der Waals surface area contributed by atoms with Crippen molar-refractivity contribution in [1.82, 2.24) is 19.8 Å². The second kappa shape index (κ2) is 13.8. The molecule has 0 saturated carbocycles. The van der Waals surface area contributed by atoms with Crippen LogP contribution in [-0.2, 0) is 9.59 Å². The van der Waals surface area contributed by atoms with Gasteiger partial charge in [-0.15, -0.1) is 0 Å². The van der Waals surface area contributed by atoms with Gasteiger partial charge in [-0.25, -0.2) is 13.8 Å². The van der Waals surface area contributed by atoms with Gasteiger partial charge in [0.15, 0.2) is 11.6 Å². The number of pyridine rings is 2. The quantitative estimate of drug-likeness (QED) is 0.107. The zero-order chi connectivity index (χ0) is 31.1. The Bertz CT molecular complexity index is 1470. The summed E-state index contributed by atoms with van der Waals surface area (Å²) in [4.78, 5) is 43.1. The minimum absolute atomic E-state index is 0.0390. The molecular formula is C31H36F2N6O3. The van der Waals surface area contributed by atoms with Crippen molar-refractivity contribution in [1.29, 1.82) is 0 Å². The van der Waals surface area contributed by atoms with Crippen molar-refractivity contribution in [3.8, 4) is 0 Å². The lowest BCUT2D eigenvalue weighted by Crippen LogP contribution is -2.50. The highest BCUT2D eigenvalue weighted by atomic mass is 19.1. The number of aryl methyl sites for hydroxylation is 1. The second-order valence-corrected chi connectivity index (χ2v) is 9.85. The maximum absolute atomic E-state index is 15.9. The van der Waals surface area contributed by atoms with Gasteiger partial charge in [0, 0.05) is 39.4 Å². The van der Waals surface area contributed by atoms with Crippen LogP contribution in [0, 0.1) is 12.7 Å². The molecule has 3 rings (SSSR count). The molecule has 0 radical (unpaired) electrons. The summed E-state index contributed by atoms with van der Waals surface area (Å²) >= 11 is 0. The summed E-state index contributed by atoms with van der Waals surface area (Å²) in [5, 5.41) is 10.5. The molecule has 2 aromatic heterocycles. The van der Waals surface area contributed by atoms with E-state index in [0.29, 0.717) is 55.4 Å². The summed E-state index contributed by atoms with van der Waals surface area (Å²) in [7, 11) is 1.53. The number of carbonyl (C=O) groups is 2. The van der Waals surface area contributed by atoms with E-state index in [0.717, 1.165) is 18.2 Å². The number of carbonyl (C=O) groups excluding carboxylic acids is 2. The van der Waals surface area contributed by atoms with Crippen molar-refractivity contribution < 1.29 is 23.5 Å². The predicted molar refractivity (Wildman–Crippen MR) is 161 cm³/mol. The number of nitrogens with zero attached hydrogens (tertiary/aromatic N) is 6. The van der Waals surface area contributed by atoms with E-state index in [-0.39, 0.29) is 23.2 Å². The maximum Gasteiger partial charge on any atom is 0.246 e. The fourth-order valence-corrected chi connectivity index (χ4v) is 4.82. The first kappa shape index (κ1) is 31.9. The molecule has 2 amide bonds. The smallest absolute Gasteiger partial charge is 0.246 e. The molecule has 0 spiro atoms. The number of hydrogen-bond donors (Lipinski definition) is 1. The molecule has 1 fully saturated rings. The minimum Gasteiger partial charge on any atom is -0.507 e. The number of halogens is 2. The standard InChI is InChI=1S/C31H36F2N6O3/c1-8-22(32)26(24(41)9-2)28-23(33)17-21(30(34-7)38-15-13-37(14-16-38)25(42)10-3)31(36-28)39(18-40)29-20(6)11-12-35-27(29)19(4)5/h8-12,17-19,41H,2-3,13-16H2,1,4-7H3/b22-8+,26-24-,34-30?. The number of aromatic nitrogens is 2. The normalized spacial score (nSPS) is 15.0. The van der Waals surface area contributed by atoms with Gasteiger partial charge in [-0.05, 0) is 49.6 Å². The van der Waals surface area contributed by atoms with Gasteiger partial charge in [0.2, 0.25) is 12.3 Å². The van der Waals surface area contributed by atoms with Crippen LogP contribution in [0.5, 0.6) is 0 Å². The van der Waals surface area contributed by atoms with Crippen molar-refractivity contribution in [2.75, 3.05) is 38.1 Å². The van der Waals surface area contributed by atoms with Crippen molar-refractivity contribution in [2.45, 2.75) is 33.6 Å². The molecule has 1 N–H and O–H groups in total. The van der Waals surface area contributed by atoms with E-state index in [9.17, 15) is 14.7 Å². The Kier molecular flexibility index (Phi) is 10.5. The lowest BCUT2D eigenvalue weighted by Gasteiger charge is -2.37. The van der Waals surface area contributed by atoms with Crippen LogP contribution in [0.15, 0.2) is 66.3 Å². The number of amides is 2. The molecule has 2 aromatic rings. The van der Waals surface area contributed by atoms with Crippen LogP contribution in [-0.4, -0.2) is 76.3 Å². The first-order valence-electron chi connectivity index (χ1n) is 13.5. The van der Waals surface area contributed by atoms with Crippen LogP contribution < -0.4 is 4.90 Å². The third-order valence-corrected chi connectivity index (χ3v) is 6.93. The van der Waals surface area contributed by atoms with Gasteiger partial charge in [0.05, 0.1) is 22.5 Å². The topological polar surface area (TPSA) is 102 Å². The van der Waals surface area contributed by atoms with Crippen LogP contribution in [0.25, 0.3) is 5.57 Å². The Morgan fingerprint density at radius 3 is 2.36 bits per heavy atom. The van der Waals surface area contributed by atoms with Gasteiger partial charge in [0.25, 0.3) is 0 Å². The number of aliphatic hydroxyl groups excluding tert-OH is 1. The van der Waals surface area contributed by atoms with E-state index in [1.54, 1.807) is 17.2 Å². The number of amidine groups is 1. The van der Waals surface area contributed by atoms with E-state index < -0.39 is 28.7 Å². The molecule has 1 saturated heterocycles. The average Bonchev–Trinajstić information content (AvgIpc) is 2.99. The minimum atomic E-state index is -0.950. The van der Waals surface area contributed by atoms with Crippen LogP contribution in [0.4, 0.5) is 20.3 Å². The van der Waals surface area contributed by atoms with Crippen molar-refractivity contribution in [2.24, 2.45) is 4.99 Å². The largest absolute Gasteiger partial charge is 0.507 e. The SMILES string of the molecule is C=CC(=O)N1CCN(C(=NC)c2cc(F)c(C(/C(F)=C\C)=C(\O)C=C)nc2N(C=O)c2c(C)ccnc2C(C)C)CC1. The van der Waals surface area contributed by atoms with Gasteiger partial charge < -0.3 is 14.9 Å². The maximum atomic E-state index is 15.9.